The average molecular weight is 334 g/mol. The Morgan fingerprint density at radius 1 is 1.16 bits per heavy atom. The van der Waals surface area contributed by atoms with E-state index >= 15 is 0 Å². The van der Waals surface area contributed by atoms with Crippen molar-refractivity contribution in [2.75, 3.05) is 0 Å². The molecule has 8 nitrogen and oxygen atoms in total. The number of rotatable bonds is 4. The second-order valence-electron chi connectivity index (χ2n) is 5.67. The topological polar surface area (TPSA) is 102 Å². The summed E-state index contributed by atoms with van der Waals surface area (Å²) in [5, 5.41) is 12.1. The summed E-state index contributed by atoms with van der Waals surface area (Å²) >= 11 is 0. The zero-order chi connectivity index (χ0) is 17.2. The third-order valence-electron chi connectivity index (χ3n) is 3.94. The Bertz CT molecular complexity index is 962. The maximum atomic E-state index is 12.3. The van der Waals surface area contributed by atoms with Crippen LogP contribution in [0.3, 0.4) is 0 Å². The first-order valence-corrected chi connectivity index (χ1v) is 7.81. The number of amides is 1. The highest BCUT2D eigenvalue weighted by Gasteiger charge is 2.26. The molecule has 124 valence electrons. The van der Waals surface area contributed by atoms with Crippen LogP contribution in [0.25, 0.3) is 11.4 Å². The first-order valence-electron chi connectivity index (χ1n) is 7.81. The third kappa shape index (κ3) is 2.97. The molecule has 2 heterocycles. The molecule has 0 saturated heterocycles. The number of nitrogens with one attached hydrogen (secondary N) is 1. The number of hydrazone groups is 1. The molecule has 0 saturated carbocycles. The van der Waals surface area contributed by atoms with Gasteiger partial charge in [0.1, 0.15) is 13.1 Å². The van der Waals surface area contributed by atoms with E-state index in [1.807, 2.05) is 54.6 Å². The van der Waals surface area contributed by atoms with Crippen molar-refractivity contribution in [2.45, 2.75) is 13.1 Å². The summed E-state index contributed by atoms with van der Waals surface area (Å²) < 4.78 is 1.63. The molecule has 0 bridgehead atoms. The van der Waals surface area contributed by atoms with Crippen LogP contribution in [0, 0.1) is 0 Å². The molecule has 3 N–H and O–H groups in total. The Hall–Kier alpha value is -3.55. The highest BCUT2D eigenvalue weighted by molar-refractivity contribution is 5.96. The number of nitrogens with zero attached hydrogens (tertiary/aromatic N) is 5. The van der Waals surface area contributed by atoms with Crippen LogP contribution in [-0.4, -0.2) is 36.6 Å². The number of nitrogens with two attached hydrogens (primary N) is 1. The Balaban J connectivity index is 1.44. The van der Waals surface area contributed by atoms with Gasteiger partial charge in [0.05, 0.1) is 5.56 Å². The van der Waals surface area contributed by atoms with Crippen LogP contribution in [0.5, 0.6) is 0 Å². The van der Waals surface area contributed by atoms with Gasteiger partial charge in [-0.3, -0.25) is 10.5 Å². The largest absolute Gasteiger partial charge is 0.299 e. The molecule has 0 unspecified atom stereocenters. The fourth-order valence-corrected chi connectivity index (χ4v) is 2.74. The number of benzene rings is 2. The van der Waals surface area contributed by atoms with E-state index in [9.17, 15) is 4.79 Å². The molecule has 0 aliphatic carbocycles. The van der Waals surface area contributed by atoms with E-state index in [-0.39, 0.29) is 12.5 Å². The Morgan fingerprint density at radius 2 is 1.92 bits per heavy atom. The smallest absolute Gasteiger partial charge is 0.285 e. The molecule has 1 amide bonds. The number of hydrazine groups is 1. The van der Waals surface area contributed by atoms with Gasteiger partial charge in [0.25, 0.3) is 11.7 Å². The lowest BCUT2D eigenvalue weighted by molar-refractivity contribution is -0.586. The van der Waals surface area contributed by atoms with Crippen LogP contribution >= 0.6 is 0 Å². The molecule has 1 aliphatic heterocycles. The minimum absolute atomic E-state index is 0.0417. The van der Waals surface area contributed by atoms with E-state index in [1.165, 1.54) is 4.80 Å². The Kier molecular flexibility index (Phi) is 3.70. The molecule has 1 aliphatic rings. The van der Waals surface area contributed by atoms with Gasteiger partial charge < -0.3 is 0 Å². The summed E-state index contributed by atoms with van der Waals surface area (Å²) in [5.41, 5.74) is 11.7. The van der Waals surface area contributed by atoms with Crippen molar-refractivity contribution in [1.82, 2.24) is 25.6 Å². The SMILES string of the molecule is NC1=[N+](NC(=O)Cn2nnc(-c3ccccc3)n2)Cc2ccccc21. The summed E-state index contributed by atoms with van der Waals surface area (Å²) in [6.07, 6.45) is 0. The molecular formula is C17H16N7O+. The summed E-state index contributed by atoms with van der Waals surface area (Å²) in [7, 11) is 0. The van der Waals surface area contributed by atoms with E-state index in [0.717, 1.165) is 16.7 Å². The minimum Gasteiger partial charge on any atom is -0.285 e. The van der Waals surface area contributed by atoms with Crippen molar-refractivity contribution in [2.24, 2.45) is 5.73 Å². The van der Waals surface area contributed by atoms with Crippen molar-refractivity contribution in [3.63, 3.8) is 0 Å². The van der Waals surface area contributed by atoms with Gasteiger partial charge in [-0.15, -0.1) is 10.2 Å². The molecule has 1 aromatic heterocycles. The van der Waals surface area contributed by atoms with Gasteiger partial charge in [-0.25, -0.2) is 0 Å². The second-order valence-corrected chi connectivity index (χ2v) is 5.67. The lowest BCUT2D eigenvalue weighted by Gasteiger charge is -2.04. The predicted octanol–water partition coefficient (Wildman–Crippen LogP) is 0.303. The number of hydrogen-bond acceptors (Lipinski definition) is 5. The first kappa shape index (κ1) is 15.0. The fraction of sp³-hybridized carbons (Fsp3) is 0.118. The summed E-state index contributed by atoms with van der Waals surface area (Å²) in [4.78, 5) is 13.5. The minimum atomic E-state index is -0.271. The van der Waals surface area contributed by atoms with Crippen molar-refractivity contribution in [3.05, 3.63) is 65.7 Å². The quantitative estimate of drug-likeness (QED) is 0.668. The van der Waals surface area contributed by atoms with Gasteiger partial charge in [0, 0.05) is 11.1 Å². The zero-order valence-electron chi connectivity index (χ0n) is 13.3. The molecule has 0 atom stereocenters. The van der Waals surface area contributed by atoms with Crippen LogP contribution in [0.15, 0.2) is 54.6 Å². The van der Waals surface area contributed by atoms with Gasteiger partial charge in [-0.1, -0.05) is 48.5 Å². The van der Waals surface area contributed by atoms with E-state index < -0.39 is 0 Å². The monoisotopic (exact) mass is 334 g/mol. The van der Waals surface area contributed by atoms with E-state index in [4.69, 9.17) is 5.73 Å². The van der Waals surface area contributed by atoms with Crippen LogP contribution in [0.1, 0.15) is 11.1 Å². The zero-order valence-corrected chi connectivity index (χ0v) is 13.3. The average Bonchev–Trinajstić information content (AvgIpc) is 3.21. The molecule has 0 spiro atoms. The number of amidine groups is 1. The first-order chi connectivity index (χ1) is 12.2. The maximum Gasteiger partial charge on any atom is 0.299 e. The van der Waals surface area contributed by atoms with Gasteiger partial charge in [-0.05, 0) is 11.3 Å². The highest BCUT2D eigenvalue weighted by Crippen LogP contribution is 2.15. The van der Waals surface area contributed by atoms with Gasteiger partial charge in [-0.2, -0.15) is 14.9 Å². The lowest BCUT2D eigenvalue weighted by Crippen LogP contribution is -2.40. The third-order valence-corrected chi connectivity index (χ3v) is 3.94. The van der Waals surface area contributed by atoms with Gasteiger partial charge in [0.15, 0.2) is 0 Å². The van der Waals surface area contributed by atoms with Crippen LogP contribution in [-0.2, 0) is 17.9 Å². The predicted molar refractivity (Wildman–Crippen MR) is 90.1 cm³/mol. The van der Waals surface area contributed by atoms with Crippen molar-refractivity contribution >= 4 is 11.7 Å². The molecule has 3 aromatic rings. The molecule has 2 aromatic carbocycles. The van der Waals surface area contributed by atoms with Crippen molar-refractivity contribution in [3.8, 4) is 11.4 Å². The molecule has 4 rings (SSSR count). The Morgan fingerprint density at radius 3 is 2.72 bits per heavy atom. The molecular weight excluding hydrogens is 318 g/mol. The molecule has 25 heavy (non-hydrogen) atoms. The fourth-order valence-electron chi connectivity index (χ4n) is 2.74. The number of carbonyl (C=O) groups excluding carboxylic acids is 1. The van der Waals surface area contributed by atoms with Crippen molar-refractivity contribution in [1.29, 1.82) is 0 Å². The van der Waals surface area contributed by atoms with E-state index in [0.29, 0.717) is 18.2 Å². The van der Waals surface area contributed by atoms with E-state index in [2.05, 4.69) is 20.8 Å². The van der Waals surface area contributed by atoms with Crippen LogP contribution < -0.4 is 11.2 Å². The second kappa shape index (κ2) is 6.16. The van der Waals surface area contributed by atoms with Gasteiger partial charge >= 0.3 is 0 Å². The lowest BCUT2D eigenvalue weighted by atomic mass is 10.1. The normalized spacial score (nSPS) is 13.0. The van der Waals surface area contributed by atoms with Crippen LogP contribution in [0.4, 0.5) is 0 Å². The highest BCUT2D eigenvalue weighted by atomic mass is 16.2. The van der Waals surface area contributed by atoms with Gasteiger partial charge in [0.2, 0.25) is 5.82 Å². The summed E-state index contributed by atoms with van der Waals surface area (Å²) in [6, 6.07) is 17.3. The van der Waals surface area contributed by atoms with Crippen molar-refractivity contribution < 1.29 is 9.48 Å². The maximum absolute atomic E-state index is 12.3. The number of hydrogen-bond donors (Lipinski definition) is 2. The standard InChI is InChI=1S/C17H15N7O/c18-16-14-9-5-4-8-13(14)10-23(16)20-15(25)11-24-21-17(19-22-24)12-6-2-1-3-7-12/h1-9,18H,10-11H2,(H,20,25)/p+1. The molecule has 0 fully saturated rings. The van der Waals surface area contributed by atoms with E-state index in [1.54, 1.807) is 4.68 Å². The summed E-state index contributed by atoms with van der Waals surface area (Å²) in [6.45, 7) is 0.494. The number of carbonyl (C=O) groups is 1. The molecule has 0 radical (unpaired) electrons. The number of aromatic nitrogens is 4. The summed E-state index contributed by atoms with van der Waals surface area (Å²) in [5.74, 6) is 0.737. The van der Waals surface area contributed by atoms with Crippen LogP contribution in [0.2, 0.25) is 0 Å². The Labute approximate surface area is 143 Å². The molecule has 8 heteroatoms. The number of tetrazole rings is 1. The number of fused-ring (bicyclic) bond motifs is 1.